The molecule has 0 unspecified atom stereocenters. The Balaban J connectivity index is 1.06. The minimum Gasteiger partial charge on any atom is -0.339 e. The molecular formula is C32H33F3N4O2. The lowest BCUT2D eigenvalue weighted by atomic mass is 9.89. The number of hydrogen-bond donors (Lipinski definition) is 1. The van der Waals surface area contributed by atoms with Crippen LogP contribution in [0.3, 0.4) is 0 Å². The van der Waals surface area contributed by atoms with Crippen LogP contribution in [0.5, 0.6) is 0 Å². The molecule has 3 heterocycles. The Morgan fingerprint density at radius 3 is 2.22 bits per heavy atom. The van der Waals surface area contributed by atoms with Crippen molar-refractivity contribution in [2.24, 2.45) is 5.92 Å². The molecule has 2 fully saturated rings. The van der Waals surface area contributed by atoms with Crippen LogP contribution in [0.4, 0.5) is 18.9 Å². The lowest BCUT2D eigenvalue weighted by molar-refractivity contribution is -0.127. The van der Waals surface area contributed by atoms with Crippen LogP contribution in [0.25, 0.3) is 6.08 Å². The molecule has 2 aromatic carbocycles. The third kappa shape index (κ3) is 7.41. The maximum absolute atomic E-state index is 13.4. The minimum absolute atomic E-state index is 0.00771. The molecule has 1 N–H and O–H groups in total. The van der Waals surface area contributed by atoms with Crippen LogP contribution in [0.1, 0.15) is 48.4 Å². The van der Waals surface area contributed by atoms with E-state index in [1.165, 1.54) is 12.2 Å². The molecule has 2 saturated heterocycles. The van der Waals surface area contributed by atoms with Crippen LogP contribution < -0.4 is 5.32 Å². The van der Waals surface area contributed by atoms with E-state index in [0.29, 0.717) is 13.1 Å². The van der Waals surface area contributed by atoms with E-state index in [4.69, 9.17) is 0 Å². The Morgan fingerprint density at radius 2 is 1.59 bits per heavy atom. The van der Waals surface area contributed by atoms with E-state index in [9.17, 15) is 22.8 Å². The number of nitrogens with zero attached hydrogens (tertiary/aromatic N) is 3. The van der Waals surface area contributed by atoms with Crippen LogP contribution in [-0.2, 0) is 16.1 Å². The fraction of sp³-hybridized carbons (Fsp3) is 0.344. The Bertz CT molecular complexity index is 1360. The Morgan fingerprint density at radius 1 is 0.902 bits per heavy atom. The number of carbonyl (C=O) groups excluding carboxylic acids is 2. The zero-order chi connectivity index (χ0) is 28.8. The van der Waals surface area contributed by atoms with Gasteiger partial charge in [0.25, 0.3) is 0 Å². The van der Waals surface area contributed by atoms with Crippen LogP contribution in [0, 0.1) is 23.4 Å². The number of anilines is 1. The van der Waals surface area contributed by atoms with Gasteiger partial charge in [0.15, 0.2) is 17.5 Å². The van der Waals surface area contributed by atoms with Gasteiger partial charge in [-0.25, -0.2) is 13.2 Å². The van der Waals surface area contributed by atoms with Gasteiger partial charge in [-0.3, -0.25) is 19.5 Å². The molecule has 5 rings (SSSR count). The number of benzene rings is 2. The van der Waals surface area contributed by atoms with E-state index >= 15 is 0 Å². The number of amides is 2. The lowest BCUT2D eigenvalue weighted by Gasteiger charge is -2.32. The highest BCUT2D eigenvalue weighted by molar-refractivity contribution is 5.93. The summed E-state index contributed by atoms with van der Waals surface area (Å²) < 4.78 is 39.9. The molecule has 41 heavy (non-hydrogen) atoms. The quantitative estimate of drug-likeness (QED) is 0.293. The van der Waals surface area contributed by atoms with Crippen molar-refractivity contribution in [3.63, 3.8) is 0 Å². The van der Waals surface area contributed by atoms with Gasteiger partial charge in [0.2, 0.25) is 11.8 Å². The first kappa shape index (κ1) is 28.5. The smallest absolute Gasteiger partial charge is 0.246 e. The number of pyridine rings is 1. The summed E-state index contributed by atoms with van der Waals surface area (Å²) in [6.45, 7) is 3.65. The van der Waals surface area contributed by atoms with Crippen molar-refractivity contribution < 1.29 is 22.8 Å². The first-order valence-corrected chi connectivity index (χ1v) is 14.0. The number of piperidine rings is 2. The van der Waals surface area contributed by atoms with Gasteiger partial charge in [-0.15, -0.1) is 0 Å². The molecule has 2 aliphatic rings. The van der Waals surface area contributed by atoms with Crippen molar-refractivity contribution >= 4 is 23.6 Å². The lowest BCUT2D eigenvalue weighted by Crippen LogP contribution is -2.38. The maximum Gasteiger partial charge on any atom is 0.246 e. The topological polar surface area (TPSA) is 65.5 Å². The van der Waals surface area contributed by atoms with Crippen molar-refractivity contribution in [3.8, 4) is 0 Å². The summed E-state index contributed by atoms with van der Waals surface area (Å²) in [7, 11) is 0. The minimum atomic E-state index is -1.53. The average Bonchev–Trinajstić information content (AvgIpc) is 3.00. The molecule has 0 radical (unpaired) electrons. The second kappa shape index (κ2) is 13.1. The molecule has 0 saturated carbocycles. The first-order valence-electron chi connectivity index (χ1n) is 14.0. The third-order valence-electron chi connectivity index (χ3n) is 7.95. The molecule has 0 spiro atoms. The average molecular weight is 563 g/mol. The second-order valence-electron chi connectivity index (χ2n) is 10.7. The molecule has 2 amide bonds. The highest BCUT2D eigenvalue weighted by Gasteiger charge is 2.26. The molecule has 0 bridgehead atoms. The summed E-state index contributed by atoms with van der Waals surface area (Å²) in [6.07, 6.45) is 7.55. The van der Waals surface area contributed by atoms with Gasteiger partial charge in [0.05, 0.1) is 5.69 Å². The Kier molecular flexibility index (Phi) is 9.14. The number of halogens is 3. The fourth-order valence-electron chi connectivity index (χ4n) is 5.53. The monoisotopic (exact) mass is 562 g/mol. The molecule has 1 aromatic heterocycles. The van der Waals surface area contributed by atoms with Crippen LogP contribution in [0.2, 0.25) is 0 Å². The van der Waals surface area contributed by atoms with E-state index in [2.05, 4.69) is 15.2 Å². The predicted molar refractivity (Wildman–Crippen MR) is 151 cm³/mol. The molecule has 0 aliphatic carbocycles. The predicted octanol–water partition coefficient (Wildman–Crippen LogP) is 5.77. The van der Waals surface area contributed by atoms with E-state index < -0.39 is 17.5 Å². The van der Waals surface area contributed by atoms with Gasteiger partial charge >= 0.3 is 0 Å². The third-order valence-corrected chi connectivity index (χ3v) is 7.95. The number of hydrogen-bond acceptors (Lipinski definition) is 4. The van der Waals surface area contributed by atoms with Gasteiger partial charge in [0, 0.05) is 43.5 Å². The Labute approximate surface area is 237 Å². The highest BCUT2D eigenvalue weighted by Crippen LogP contribution is 2.29. The van der Waals surface area contributed by atoms with Crippen LogP contribution >= 0.6 is 0 Å². The van der Waals surface area contributed by atoms with E-state index in [0.717, 1.165) is 74.4 Å². The van der Waals surface area contributed by atoms with Crippen LogP contribution in [-0.4, -0.2) is 52.8 Å². The van der Waals surface area contributed by atoms with Gasteiger partial charge < -0.3 is 10.2 Å². The second-order valence-corrected chi connectivity index (χ2v) is 10.7. The van der Waals surface area contributed by atoms with Crippen molar-refractivity contribution in [1.29, 1.82) is 0 Å². The number of nitrogens with one attached hydrogen (secondary N) is 1. The summed E-state index contributed by atoms with van der Waals surface area (Å²) in [5, 5.41) is 3.07. The van der Waals surface area contributed by atoms with Crippen LogP contribution in [0.15, 0.2) is 66.9 Å². The number of aromatic nitrogens is 1. The summed E-state index contributed by atoms with van der Waals surface area (Å²) >= 11 is 0. The summed E-state index contributed by atoms with van der Waals surface area (Å²) in [4.78, 5) is 33.9. The normalized spacial score (nSPS) is 17.2. The van der Waals surface area contributed by atoms with Gasteiger partial charge in [0.1, 0.15) is 0 Å². The molecule has 6 nitrogen and oxygen atoms in total. The summed E-state index contributed by atoms with van der Waals surface area (Å²) in [5.74, 6) is -4.03. The van der Waals surface area contributed by atoms with Gasteiger partial charge in [-0.05, 0) is 98.3 Å². The molecule has 2 aliphatic heterocycles. The number of likely N-dealkylation sites (tertiary alicyclic amines) is 2. The maximum atomic E-state index is 13.4. The molecule has 214 valence electrons. The molecule has 9 heteroatoms. The largest absolute Gasteiger partial charge is 0.339 e. The van der Waals surface area contributed by atoms with Gasteiger partial charge in [-0.2, -0.15) is 0 Å². The molecule has 0 atom stereocenters. The summed E-state index contributed by atoms with van der Waals surface area (Å²) in [6, 6.07) is 15.6. The summed E-state index contributed by atoms with van der Waals surface area (Å²) in [5.41, 5.74) is 3.07. The zero-order valence-corrected chi connectivity index (χ0v) is 22.7. The van der Waals surface area contributed by atoms with E-state index in [-0.39, 0.29) is 29.2 Å². The van der Waals surface area contributed by atoms with Crippen molar-refractivity contribution in [1.82, 2.24) is 14.8 Å². The zero-order valence-electron chi connectivity index (χ0n) is 22.7. The molecule has 3 aromatic rings. The van der Waals surface area contributed by atoms with Gasteiger partial charge in [-0.1, -0.05) is 18.2 Å². The van der Waals surface area contributed by atoms with Crippen molar-refractivity contribution in [3.05, 3.63) is 101 Å². The Hall–Kier alpha value is -3.98. The molecular weight excluding hydrogens is 529 g/mol. The highest BCUT2D eigenvalue weighted by atomic mass is 19.2. The van der Waals surface area contributed by atoms with E-state index in [1.807, 2.05) is 42.5 Å². The number of carbonyl (C=O) groups is 2. The first-order chi connectivity index (χ1) is 19.9. The van der Waals surface area contributed by atoms with Crippen molar-refractivity contribution in [2.45, 2.75) is 38.1 Å². The fourth-order valence-corrected chi connectivity index (χ4v) is 5.53. The SMILES string of the molecule is O=C(Nc1ccc(C2CCN(C(=O)/C=C/c3cc(F)c(F)c(F)c3)CC2)cc1)C1CCN(Cc2ccccn2)CC1. The standard InChI is InChI=1S/C32H33F3N4O2/c33-28-19-22(20-29(34)31(28)35)4-9-30(40)39-17-12-24(13-18-39)23-5-7-26(8-6-23)37-32(41)25-10-15-38(16-11-25)21-27-3-1-2-14-36-27/h1-9,14,19-20,24-25H,10-13,15-18,21H2,(H,37,41)/b9-4+. The van der Waals surface area contributed by atoms with Crippen molar-refractivity contribution in [2.75, 3.05) is 31.5 Å². The number of rotatable bonds is 7. The van der Waals surface area contributed by atoms with E-state index in [1.54, 1.807) is 11.1 Å².